The van der Waals surface area contributed by atoms with Crippen molar-refractivity contribution in [2.75, 3.05) is 47.5 Å². The minimum Gasteiger partial charge on any atom is -0.756 e. The molecule has 550 valence electrons. The van der Waals surface area contributed by atoms with Crippen LogP contribution in [0.15, 0.2) is 146 Å². The van der Waals surface area contributed by atoms with Gasteiger partial charge in [0.05, 0.1) is 27.7 Å². The van der Waals surface area contributed by atoms with E-state index in [2.05, 4.69) is 160 Å². The van der Waals surface area contributed by atoms with Gasteiger partial charge >= 0.3 is 11.9 Å². The Balaban J connectivity index is 4.00. The fraction of sp³-hybridized carbons (Fsp3) is 0.698. The third kappa shape index (κ3) is 78.9. The molecule has 0 fully saturated rings. The molecule has 2 atom stereocenters. The number of ether oxygens (including phenoxy) is 2. The van der Waals surface area contributed by atoms with E-state index < -0.39 is 26.5 Å². The number of phosphoric acid groups is 1. The number of carbonyl (C=O) groups is 2. The summed E-state index contributed by atoms with van der Waals surface area (Å²) in [6.07, 6.45) is 111. The first-order valence-corrected chi connectivity index (χ1v) is 41.0. The second kappa shape index (κ2) is 75.1. The number of rotatable bonds is 72. The third-order valence-corrected chi connectivity index (χ3v) is 17.8. The van der Waals surface area contributed by atoms with E-state index in [0.717, 1.165) is 116 Å². The van der Waals surface area contributed by atoms with Crippen LogP contribution in [0.1, 0.15) is 335 Å². The predicted molar refractivity (Wildman–Crippen MR) is 415 cm³/mol. The number of allylic oxidation sites excluding steroid dienone is 24. The lowest BCUT2D eigenvalue weighted by Crippen LogP contribution is -2.37. The van der Waals surface area contributed by atoms with E-state index in [-0.39, 0.29) is 32.0 Å². The van der Waals surface area contributed by atoms with Crippen LogP contribution in [0, 0.1) is 0 Å². The van der Waals surface area contributed by atoms with Crippen LogP contribution in [0.5, 0.6) is 0 Å². The molecule has 96 heavy (non-hydrogen) atoms. The lowest BCUT2D eigenvalue weighted by Gasteiger charge is -2.28. The molecule has 2 unspecified atom stereocenters. The van der Waals surface area contributed by atoms with E-state index in [1.54, 1.807) is 0 Å². The Kier molecular flexibility index (Phi) is 71.9. The highest BCUT2D eigenvalue weighted by atomic mass is 31.2. The van der Waals surface area contributed by atoms with Crippen molar-refractivity contribution >= 4 is 19.8 Å². The van der Waals surface area contributed by atoms with Gasteiger partial charge in [-0.1, -0.05) is 352 Å². The molecule has 10 heteroatoms. The normalized spacial score (nSPS) is 13.9. The minimum atomic E-state index is -4.65. The molecule has 0 saturated heterocycles. The van der Waals surface area contributed by atoms with Gasteiger partial charge < -0.3 is 27.9 Å². The summed E-state index contributed by atoms with van der Waals surface area (Å²) < 4.78 is 34.4. The van der Waals surface area contributed by atoms with Gasteiger partial charge in [-0.05, 0) is 116 Å². The Morgan fingerprint density at radius 2 is 0.562 bits per heavy atom. The van der Waals surface area contributed by atoms with E-state index >= 15 is 0 Å². The molecule has 0 bridgehead atoms. The second-order valence-electron chi connectivity index (χ2n) is 27.3. The number of hydrogen-bond acceptors (Lipinski definition) is 8. The number of carbonyl (C=O) groups excluding carboxylic acids is 2. The van der Waals surface area contributed by atoms with Crippen molar-refractivity contribution in [2.45, 2.75) is 341 Å². The third-order valence-electron chi connectivity index (χ3n) is 16.9. The van der Waals surface area contributed by atoms with E-state index in [0.29, 0.717) is 17.4 Å². The fourth-order valence-electron chi connectivity index (χ4n) is 10.9. The van der Waals surface area contributed by atoms with Crippen LogP contribution in [-0.2, 0) is 32.7 Å². The van der Waals surface area contributed by atoms with Crippen molar-refractivity contribution in [1.82, 2.24) is 0 Å². The number of esters is 2. The Morgan fingerprint density at radius 3 is 0.833 bits per heavy atom. The van der Waals surface area contributed by atoms with Gasteiger partial charge in [0.25, 0.3) is 7.82 Å². The SMILES string of the molecule is CC/C=C\C/C=C\C/C=C\C/C=C\C/C=C\C/C=C\C/C=C\C/C=C\CCCCCCCCCCCCCCC(=O)OC(COC(=O)CCCCCCCCCCCCCCCCCCCCCCCC/C=C\C/C=C\C/C=C\C/C=C\CC)COP(=O)([O-])OCC[N+](C)(C)C. The van der Waals surface area contributed by atoms with Crippen molar-refractivity contribution in [3.05, 3.63) is 146 Å². The van der Waals surface area contributed by atoms with Gasteiger partial charge in [-0.2, -0.15) is 0 Å². The van der Waals surface area contributed by atoms with Crippen LogP contribution in [0.4, 0.5) is 0 Å². The fourth-order valence-corrected chi connectivity index (χ4v) is 11.6. The zero-order valence-electron chi connectivity index (χ0n) is 62.8. The first-order chi connectivity index (χ1) is 47.0. The molecule has 0 saturated carbocycles. The first kappa shape index (κ1) is 91.9. The molecule has 0 spiro atoms. The second-order valence-corrected chi connectivity index (χ2v) is 28.7. The number of phosphoric ester groups is 1. The van der Waals surface area contributed by atoms with Crippen molar-refractivity contribution < 1.29 is 42.1 Å². The van der Waals surface area contributed by atoms with Crippen LogP contribution in [0.25, 0.3) is 0 Å². The van der Waals surface area contributed by atoms with Gasteiger partial charge in [0.15, 0.2) is 6.10 Å². The van der Waals surface area contributed by atoms with Gasteiger partial charge in [-0.15, -0.1) is 0 Å². The molecule has 0 aromatic carbocycles. The number of unbranched alkanes of at least 4 members (excludes halogenated alkanes) is 34. The van der Waals surface area contributed by atoms with Crippen LogP contribution >= 0.6 is 7.82 Å². The Hall–Kier alpha value is -4.11. The maximum atomic E-state index is 12.9. The highest BCUT2D eigenvalue weighted by molar-refractivity contribution is 7.45. The Morgan fingerprint density at radius 1 is 0.323 bits per heavy atom. The summed E-state index contributed by atoms with van der Waals surface area (Å²) >= 11 is 0. The van der Waals surface area contributed by atoms with Gasteiger partial charge in [0.2, 0.25) is 0 Å². The standard InChI is InChI=1S/C86H148NO8P/c1-6-8-10-12-14-16-18-20-22-24-26-28-30-32-34-36-38-40-42-43-45-47-49-51-53-55-57-59-61-63-65-67-69-71-73-75-77-79-86(89)95-84(83-94-96(90,91)93-81-80-87(3,4)5)82-92-85(88)78-76-74-72-70-68-66-64-62-60-58-56-54-52-50-48-46-44-41-39-37-35-33-31-29-27-25-23-21-19-17-15-13-11-9-7-2/h8-11,14-17,20-23,26-29,32,34,38,40,43,45,49,51,84H,6-7,12-13,18-19,24-25,30-31,33,35-37,39,41-42,44,46-48,50,52-83H2,1-5H3/b10-8-,11-9-,16-14-,17-15-,22-20-,23-21-,28-26-,29-27-,34-32-,40-38-,45-43-,51-49-. The van der Waals surface area contributed by atoms with Crippen molar-refractivity contribution in [3.8, 4) is 0 Å². The van der Waals surface area contributed by atoms with Crippen LogP contribution in [-0.4, -0.2) is 70.0 Å². The molecule has 0 N–H and O–H groups in total. The molecule has 0 radical (unpaired) electrons. The lowest BCUT2D eigenvalue weighted by atomic mass is 10.0. The van der Waals surface area contributed by atoms with E-state index in [4.69, 9.17) is 18.5 Å². The first-order valence-electron chi connectivity index (χ1n) is 39.5. The maximum absolute atomic E-state index is 12.9. The molecule has 0 aliphatic rings. The summed E-state index contributed by atoms with van der Waals surface area (Å²) in [7, 11) is 1.16. The molecule has 0 heterocycles. The number of nitrogens with zero attached hydrogens (tertiary/aromatic N) is 1. The smallest absolute Gasteiger partial charge is 0.306 e. The topological polar surface area (TPSA) is 111 Å². The molecule has 9 nitrogen and oxygen atoms in total. The number of quaternary nitrogens is 1. The summed E-state index contributed by atoms with van der Waals surface area (Å²) in [5.41, 5.74) is 0. The molecular formula is C86H148NO8P. The molecule has 0 aromatic heterocycles. The van der Waals surface area contributed by atoms with Gasteiger partial charge in [0.1, 0.15) is 19.8 Å². The summed E-state index contributed by atoms with van der Waals surface area (Å²) in [6.45, 7) is 4.04. The molecular weight excluding hydrogens is 1210 g/mol. The number of likely N-dealkylation sites (N-methyl/N-ethyl adjacent to an activating group) is 1. The zero-order chi connectivity index (χ0) is 69.7. The molecule has 0 rings (SSSR count). The summed E-state index contributed by atoms with van der Waals surface area (Å²) in [5.74, 6) is -0.829. The largest absolute Gasteiger partial charge is 0.756 e. The van der Waals surface area contributed by atoms with Crippen molar-refractivity contribution in [2.24, 2.45) is 0 Å². The predicted octanol–water partition coefficient (Wildman–Crippen LogP) is 25.9. The van der Waals surface area contributed by atoms with Crippen LogP contribution in [0.3, 0.4) is 0 Å². The lowest BCUT2D eigenvalue weighted by molar-refractivity contribution is -0.870. The highest BCUT2D eigenvalue weighted by Crippen LogP contribution is 2.38. The maximum Gasteiger partial charge on any atom is 0.306 e. The van der Waals surface area contributed by atoms with Crippen molar-refractivity contribution in [3.63, 3.8) is 0 Å². The summed E-state index contributed by atoms with van der Waals surface area (Å²) in [5, 5.41) is 0. The molecule has 0 aliphatic carbocycles. The van der Waals surface area contributed by atoms with Gasteiger partial charge in [-0.25, -0.2) is 0 Å². The number of hydrogen-bond donors (Lipinski definition) is 0. The Labute approximate surface area is 593 Å². The average molecular weight is 1360 g/mol. The quantitative estimate of drug-likeness (QED) is 0.0195. The molecule has 0 aliphatic heterocycles. The summed E-state index contributed by atoms with van der Waals surface area (Å²) in [4.78, 5) is 38.2. The van der Waals surface area contributed by atoms with Gasteiger partial charge in [-0.3, -0.25) is 14.2 Å². The van der Waals surface area contributed by atoms with Crippen LogP contribution in [0.2, 0.25) is 0 Å². The summed E-state index contributed by atoms with van der Waals surface area (Å²) in [6, 6.07) is 0. The van der Waals surface area contributed by atoms with E-state index in [1.807, 2.05) is 21.1 Å². The average Bonchev–Trinajstić information content (AvgIpc) is 2.72. The van der Waals surface area contributed by atoms with E-state index in [1.165, 1.54) is 186 Å². The monoisotopic (exact) mass is 1350 g/mol. The highest BCUT2D eigenvalue weighted by Gasteiger charge is 2.22. The van der Waals surface area contributed by atoms with Crippen LogP contribution < -0.4 is 4.89 Å². The Bertz CT molecular complexity index is 2140. The minimum absolute atomic E-state index is 0.0351. The molecule has 0 amide bonds. The van der Waals surface area contributed by atoms with Crippen molar-refractivity contribution in [1.29, 1.82) is 0 Å². The van der Waals surface area contributed by atoms with E-state index in [9.17, 15) is 19.0 Å². The van der Waals surface area contributed by atoms with Gasteiger partial charge in [0, 0.05) is 12.8 Å². The molecule has 0 aromatic rings. The zero-order valence-corrected chi connectivity index (χ0v) is 63.7.